The van der Waals surface area contributed by atoms with Gasteiger partial charge in [-0.1, -0.05) is 91.0 Å². The second kappa shape index (κ2) is 8.74. The lowest BCUT2D eigenvalue weighted by molar-refractivity contribution is 0.596. The van der Waals surface area contributed by atoms with E-state index in [9.17, 15) is 8.42 Å². The summed E-state index contributed by atoms with van der Waals surface area (Å²) in [5.41, 5.74) is 3.51. The lowest BCUT2D eigenvalue weighted by Crippen LogP contribution is -2.26. The van der Waals surface area contributed by atoms with Crippen LogP contribution in [-0.2, 0) is 14.8 Å². The summed E-state index contributed by atoms with van der Waals surface area (Å²) in [7, 11) is -3.45. The van der Waals surface area contributed by atoms with Crippen LogP contribution in [-0.4, -0.2) is 19.9 Å². The number of primary sulfonamides is 1. The molecule has 3 aromatic rings. The van der Waals surface area contributed by atoms with Crippen molar-refractivity contribution in [2.24, 2.45) is 5.14 Å². The molecule has 3 nitrogen and oxygen atoms in total. The Morgan fingerprint density at radius 1 is 0.704 bits per heavy atom. The molecule has 0 radical (unpaired) electrons. The maximum atomic E-state index is 11.3. The number of rotatable bonds is 8. The van der Waals surface area contributed by atoms with Gasteiger partial charge in [0.15, 0.2) is 0 Å². The highest BCUT2D eigenvalue weighted by molar-refractivity contribution is 8.00. The molecule has 27 heavy (non-hydrogen) atoms. The summed E-state index contributed by atoms with van der Waals surface area (Å²) >= 11 is 1.75. The van der Waals surface area contributed by atoms with E-state index in [4.69, 9.17) is 5.14 Å². The van der Waals surface area contributed by atoms with Gasteiger partial charge in [-0.15, -0.1) is 11.8 Å². The minimum absolute atomic E-state index is 0.00551. The highest BCUT2D eigenvalue weighted by Crippen LogP contribution is 2.48. The molecule has 0 bridgehead atoms. The molecule has 0 heterocycles. The zero-order valence-corrected chi connectivity index (χ0v) is 16.6. The fraction of sp³-hybridized carbons (Fsp3) is 0.182. The Morgan fingerprint density at radius 2 is 1.07 bits per heavy atom. The van der Waals surface area contributed by atoms with E-state index in [1.807, 2.05) is 54.6 Å². The molecular weight excluding hydrogens is 374 g/mol. The summed E-state index contributed by atoms with van der Waals surface area (Å²) in [6, 6.07) is 31.1. The van der Waals surface area contributed by atoms with Crippen molar-refractivity contribution in [3.63, 3.8) is 0 Å². The van der Waals surface area contributed by atoms with E-state index >= 15 is 0 Å². The average molecular weight is 398 g/mol. The molecule has 0 aromatic heterocycles. The molecule has 140 valence electrons. The van der Waals surface area contributed by atoms with Gasteiger partial charge in [-0.25, -0.2) is 13.6 Å². The molecule has 0 aliphatic carbocycles. The lowest BCUT2D eigenvalue weighted by Gasteiger charge is -2.35. The normalized spacial score (nSPS) is 12.0. The van der Waals surface area contributed by atoms with Crippen molar-refractivity contribution in [3.8, 4) is 0 Å². The van der Waals surface area contributed by atoms with Crippen molar-refractivity contribution >= 4 is 21.8 Å². The van der Waals surface area contributed by atoms with Crippen molar-refractivity contribution in [1.29, 1.82) is 0 Å². The third-order valence-corrected chi connectivity index (χ3v) is 6.92. The van der Waals surface area contributed by atoms with Crippen LogP contribution in [0.1, 0.15) is 23.1 Å². The van der Waals surface area contributed by atoms with Crippen LogP contribution in [0.25, 0.3) is 0 Å². The molecule has 0 aliphatic heterocycles. The number of hydrogen-bond donors (Lipinski definition) is 1. The van der Waals surface area contributed by atoms with E-state index in [-0.39, 0.29) is 5.75 Å². The minimum atomic E-state index is -3.45. The van der Waals surface area contributed by atoms with Gasteiger partial charge in [0.05, 0.1) is 10.5 Å². The third-order valence-electron chi connectivity index (χ3n) is 4.43. The van der Waals surface area contributed by atoms with Crippen LogP contribution in [0.3, 0.4) is 0 Å². The van der Waals surface area contributed by atoms with Gasteiger partial charge in [-0.3, -0.25) is 0 Å². The third kappa shape index (κ3) is 4.80. The Balaban J connectivity index is 2.08. The predicted octanol–water partition coefficient (Wildman–Crippen LogP) is 4.39. The van der Waals surface area contributed by atoms with Crippen LogP contribution in [0.15, 0.2) is 91.0 Å². The van der Waals surface area contributed by atoms with Gasteiger partial charge >= 0.3 is 0 Å². The van der Waals surface area contributed by atoms with Crippen LogP contribution in [0.4, 0.5) is 0 Å². The van der Waals surface area contributed by atoms with Crippen LogP contribution >= 0.6 is 11.8 Å². The summed E-state index contributed by atoms with van der Waals surface area (Å²) in [5, 5.41) is 5.18. The topological polar surface area (TPSA) is 60.2 Å². The second-order valence-corrected chi connectivity index (χ2v) is 9.39. The first-order chi connectivity index (χ1) is 13.0. The first kappa shape index (κ1) is 19.7. The Hall–Kier alpha value is -2.08. The highest BCUT2D eigenvalue weighted by atomic mass is 32.2. The molecule has 3 rings (SSSR count). The molecule has 0 aliphatic rings. The summed E-state index contributed by atoms with van der Waals surface area (Å²) in [5.74, 6) is 0.670. The molecule has 0 saturated heterocycles. The molecule has 0 spiro atoms. The SMILES string of the molecule is NS(=O)(=O)CCCSC(c1ccccc1)(c1ccccc1)c1ccccc1. The zero-order valence-electron chi connectivity index (χ0n) is 15.0. The first-order valence-electron chi connectivity index (χ1n) is 8.83. The Morgan fingerprint density at radius 3 is 1.41 bits per heavy atom. The van der Waals surface area contributed by atoms with Gasteiger partial charge in [0, 0.05) is 0 Å². The molecule has 3 aromatic carbocycles. The maximum absolute atomic E-state index is 11.3. The molecule has 0 saturated carbocycles. The van der Waals surface area contributed by atoms with Crippen LogP contribution in [0.5, 0.6) is 0 Å². The average Bonchev–Trinajstić information content (AvgIpc) is 2.70. The van der Waals surface area contributed by atoms with Gasteiger partial charge in [0.25, 0.3) is 0 Å². The summed E-state index contributed by atoms with van der Waals surface area (Å²) in [4.78, 5) is 0. The number of thioether (sulfide) groups is 1. The molecule has 0 unspecified atom stereocenters. The van der Waals surface area contributed by atoms with Crippen molar-refractivity contribution in [2.75, 3.05) is 11.5 Å². The summed E-state index contributed by atoms with van der Waals surface area (Å²) in [6.45, 7) is 0. The minimum Gasteiger partial charge on any atom is -0.229 e. The number of nitrogens with two attached hydrogens (primary N) is 1. The number of benzene rings is 3. The van der Waals surface area contributed by atoms with E-state index in [2.05, 4.69) is 36.4 Å². The van der Waals surface area contributed by atoms with E-state index in [1.54, 1.807) is 11.8 Å². The quantitative estimate of drug-likeness (QED) is 0.453. The molecule has 2 N–H and O–H groups in total. The van der Waals surface area contributed by atoms with Gasteiger partial charge < -0.3 is 0 Å². The molecule has 5 heteroatoms. The van der Waals surface area contributed by atoms with E-state index in [0.29, 0.717) is 12.2 Å². The highest BCUT2D eigenvalue weighted by Gasteiger charge is 2.36. The standard InChI is InChI=1S/C22H23NO2S2/c23-27(24,25)18-10-17-26-22(19-11-4-1-5-12-19,20-13-6-2-7-14-20)21-15-8-3-9-16-21/h1-9,11-16H,10,17-18H2,(H2,23,24,25). The fourth-order valence-electron chi connectivity index (χ4n) is 3.25. The van der Waals surface area contributed by atoms with Crippen LogP contribution in [0, 0.1) is 0 Å². The van der Waals surface area contributed by atoms with E-state index in [1.165, 1.54) is 16.7 Å². The van der Waals surface area contributed by atoms with Crippen molar-refractivity contribution in [3.05, 3.63) is 108 Å². The largest absolute Gasteiger partial charge is 0.229 e. The molecule has 0 atom stereocenters. The smallest absolute Gasteiger partial charge is 0.209 e. The lowest BCUT2D eigenvalue weighted by atomic mass is 9.84. The first-order valence-corrected chi connectivity index (χ1v) is 11.5. The van der Waals surface area contributed by atoms with Gasteiger partial charge in [0.2, 0.25) is 10.0 Å². The van der Waals surface area contributed by atoms with E-state index < -0.39 is 14.8 Å². The molecule has 0 amide bonds. The van der Waals surface area contributed by atoms with Crippen molar-refractivity contribution in [1.82, 2.24) is 0 Å². The van der Waals surface area contributed by atoms with Crippen molar-refractivity contribution < 1.29 is 8.42 Å². The molecule has 0 fully saturated rings. The Labute approximate surface area is 165 Å². The number of hydrogen-bond acceptors (Lipinski definition) is 3. The fourth-order valence-corrected chi connectivity index (χ4v) is 5.49. The van der Waals surface area contributed by atoms with Crippen LogP contribution in [0.2, 0.25) is 0 Å². The Bertz CT molecular complexity index is 847. The number of sulfonamides is 1. The maximum Gasteiger partial charge on any atom is 0.209 e. The Kier molecular flexibility index (Phi) is 6.37. The van der Waals surface area contributed by atoms with Crippen LogP contribution < -0.4 is 5.14 Å². The predicted molar refractivity (Wildman–Crippen MR) is 114 cm³/mol. The van der Waals surface area contributed by atoms with Gasteiger partial charge in [-0.2, -0.15) is 0 Å². The zero-order chi connectivity index (χ0) is 19.2. The van der Waals surface area contributed by atoms with Gasteiger partial charge in [-0.05, 0) is 28.9 Å². The second-order valence-electron chi connectivity index (χ2n) is 6.35. The summed E-state index contributed by atoms with van der Waals surface area (Å²) in [6.07, 6.45) is 0.512. The monoisotopic (exact) mass is 397 g/mol. The van der Waals surface area contributed by atoms with E-state index in [0.717, 1.165) is 0 Å². The van der Waals surface area contributed by atoms with Gasteiger partial charge in [0.1, 0.15) is 0 Å². The molecular formula is C22H23NO2S2. The van der Waals surface area contributed by atoms with Crippen molar-refractivity contribution in [2.45, 2.75) is 11.2 Å². The summed E-state index contributed by atoms with van der Waals surface area (Å²) < 4.78 is 22.3.